The summed E-state index contributed by atoms with van der Waals surface area (Å²) in [5, 5.41) is 13.6. The number of nitrogens with one attached hydrogen (secondary N) is 1. The first-order chi connectivity index (χ1) is 8.29. The zero-order valence-electron chi connectivity index (χ0n) is 9.37. The van der Waals surface area contributed by atoms with Crippen LogP contribution in [0.5, 0.6) is 0 Å². The lowest BCUT2D eigenvalue weighted by Gasteiger charge is -2.13. The fourth-order valence-electron chi connectivity index (χ4n) is 1.38. The molecule has 5 heteroatoms. The summed E-state index contributed by atoms with van der Waals surface area (Å²) >= 11 is 1.46. The average Bonchev–Trinajstić information content (AvgIpc) is 2.40. The van der Waals surface area contributed by atoms with Crippen LogP contribution < -0.4 is 5.32 Å². The van der Waals surface area contributed by atoms with E-state index in [4.69, 9.17) is 0 Å². The molecule has 1 aromatic heterocycles. The number of thioether (sulfide) groups is 1. The number of aliphatic hydroxyl groups is 1. The van der Waals surface area contributed by atoms with Crippen LogP contribution >= 0.6 is 11.8 Å². The standard InChI is InChI=1S/C12H13N3OS/c1-17-12-13-8-7-10(15-12)14-11(16)9-5-3-2-4-6-9/h2-8,11,16H,1H3,(H,13,14,15). The first-order valence-corrected chi connectivity index (χ1v) is 6.38. The van der Waals surface area contributed by atoms with Crippen LogP contribution in [0.15, 0.2) is 47.8 Å². The highest BCUT2D eigenvalue weighted by atomic mass is 32.2. The predicted octanol–water partition coefficient (Wildman–Crippen LogP) is 2.30. The topological polar surface area (TPSA) is 58.0 Å². The van der Waals surface area contributed by atoms with E-state index in [1.165, 1.54) is 11.8 Å². The van der Waals surface area contributed by atoms with Crippen molar-refractivity contribution in [3.63, 3.8) is 0 Å². The largest absolute Gasteiger partial charge is 0.369 e. The molecule has 0 spiro atoms. The lowest BCUT2D eigenvalue weighted by atomic mass is 10.2. The van der Waals surface area contributed by atoms with Crippen LogP contribution in [0, 0.1) is 0 Å². The molecule has 0 saturated carbocycles. The van der Waals surface area contributed by atoms with Gasteiger partial charge in [-0.25, -0.2) is 9.97 Å². The van der Waals surface area contributed by atoms with Gasteiger partial charge in [-0.3, -0.25) is 0 Å². The number of hydrogen-bond acceptors (Lipinski definition) is 5. The summed E-state index contributed by atoms with van der Waals surface area (Å²) in [6.45, 7) is 0. The number of aliphatic hydroxyl groups excluding tert-OH is 1. The van der Waals surface area contributed by atoms with Gasteiger partial charge < -0.3 is 10.4 Å². The summed E-state index contributed by atoms with van der Waals surface area (Å²) in [6.07, 6.45) is 2.81. The Balaban J connectivity index is 2.10. The number of hydrogen-bond donors (Lipinski definition) is 2. The van der Waals surface area contributed by atoms with E-state index in [0.717, 1.165) is 5.56 Å². The van der Waals surface area contributed by atoms with E-state index < -0.39 is 6.23 Å². The van der Waals surface area contributed by atoms with E-state index in [0.29, 0.717) is 11.0 Å². The summed E-state index contributed by atoms with van der Waals surface area (Å²) in [5.74, 6) is 0.612. The van der Waals surface area contributed by atoms with Crippen molar-refractivity contribution in [2.45, 2.75) is 11.4 Å². The van der Waals surface area contributed by atoms with Crippen LogP contribution in [0.3, 0.4) is 0 Å². The van der Waals surface area contributed by atoms with Gasteiger partial charge in [-0.05, 0) is 12.3 Å². The highest BCUT2D eigenvalue weighted by Gasteiger charge is 2.07. The Kier molecular flexibility index (Phi) is 3.95. The molecule has 2 aromatic rings. The van der Waals surface area contributed by atoms with Crippen LogP contribution in [-0.2, 0) is 0 Å². The summed E-state index contributed by atoms with van der Waals surface area (Å²) in [7, 11) is 0. The predicted molar refractivity (Wildman–Crippen MR) is 68.8 cm³/mol. The van der Waals surface area contributed by atoms with E-state index in [2.05, 4.69) is 15.3 Å². The molecule has 0 aliphatic rings. The van der Waals surface area contributed by atoms with Gasteiger partial charge in [-0.15, -0.1) is 0 Å². The molecule has 0 aliphatic heterocycles. The second-order valence-corrected chi connectivity index (χ2v) is 4.16. The third kappa shape index (κ3) is 3.18. The number of rotatable bonds is 4. The Morgan fingerprint density at radius 2 is 2.00 bits per heavy atom. The number of anilines is 1. The minimum absolute atomic E-state index is 0.612. The maximum atomic E-state index is 9.96. The molecule has 17 heavy (non-hydrogen) atoms. The fourth-order valence-corrected chi connectivity index (χ4v) is 1.73. The van der Waals surface area contributed by atoms with Crippen LogP contribution in [0.25, 0.3) is 0 Å². The van der Waals surface area contributed by atoms with Crippen molar-refractivity contribution in [2.75, 3.05) is 11.6 Å². The number of aromatic nitrogens is 2. The normalized spacial score (nSPS) is 12.1. The molecule has 0 saturated heterocycles. The average molecular weight is 247 g/mol. The second kappa shape index (κ2) is 5.65. The summed E-state index contributed by atoms with van der Waals surface area (Å²) in [6, 6.07) is 11.1. The second-order valence-electron chi connectivity index (χ2n) is 3.39. The fraction of sp³-hybridized carbons (Fsp3) is 0.167. The Labute approximate surface area is 104 Å². The van der Waals surface area contributed by atoms with E-state index >= 15 is 0 Å². The van der Waals surface area contributed by atoms with Gasteiger partial charge in [-0.1, -0.05) is 42.1 Å². The monoisotopic (exact) mass is 247 g/mol. The molecule has 0 fully saturated rings. The van der Waals surface area contributed by atoms with Crippen molar-refractivity contribution in [3.05, 3.63) is 48.2 Å². The number of nitrogens with zero attached hydrogens (tertiary/aromatic N) is 2. The highest BCUT2D eigenvalue weighted by molar-refractivity contribution is 7.98. The molecule has 0 aliphatic carbocycles. The molecular weight excluding hydrogens is 234 g/mol. The molecule has 2 N–H and O–H groups in total. The maximum Gasteiger partial charge on any atom is 0.189 e. The van der Waals surface area contributed by atoms with Crippen LogP contribution in [0.4, 0.5) is 5.82 Å². The minimum atomic E-state index is -0.763. The third-order valence-corrected chi connectivity index (χ3v) is 2.78. The van der Waals surface area contributed by atoms with Gasteiger partial charge in [0.2, 0.25) is 0 Å². The Morgan fingerprint density at radius 3 is 2.71 bits per heavy atom. The molecule has 88 valence electrons. The van der Waals surface area contributed by atoms with E-state index in [9.17, 15) is 5.11 Å². The molecule has 1 unspecified atom stereocenters. The molecule has 4 nitrogen and oxygen atoms in total. The molecule has 2 rings (SSSR count). The molecule has 0 radical (unpaired) electrons. The van der Waals surface area contributed by atoms with Crippen molar-refractivity contribution in [3.8, 4) is 0 Å². The molecule has 1 heterocycles. The zero-order valence-corrected chi connectivity index (χ0v) is 10.2. The lowest BCUT2D eigenvalue weighted by molar-refractivity contribution is 0.207. The quantitative estimate of drug-likeness (QED) is 0.493. The summed E-state index contributed by atoms with van der Waals surface area (Å²) in [4.78, 5) is 8.31. The van der Waals surface area contributed by atoms with E-state index in [-0.39, 0.29) is 0 Å². The first-order valence-electron chi connectivity index (χ1n) is 5.16. The van der Waals surface area contributed by atoms with Gasteiger partial charge >= 0.3 is 0 Å². The van der Waals surface area contributed by atoms with Gasteiger partial charge in [0.1, 0.15) is 5.82 Å². The van der Waals surface area contributed by atoms with Crippen molar-refractivity contribution in [1.29, 1.82) is 0 Å². The molecular formula is C12H13N3OS. The van der Waals surface area contributed by atoms with Gasteiger partial charge in [0.15, 0.2) is 11.4 Å². The van der Waals surface area contributed by atoms with Crippen LogP contribution in [0.1, 0.15) is 11.8 Å². The molecule has 0 bridgehead atoms. The number of benzene rings is 1. The summed E-state index contributed by atoms with van der Waals surface area (Å²) < 4.78 is 0. The Bertz CT molecular complexity index is 478. The van der Waals surface area contributed by atoms with Crippen molar-refractivity contribution in [1.82, 2.24) is 9.97 Å². The Morgan fingerprint density at radius 1 is 1.24 bits per heavy atom. The lowest BCUT2D eigenvalue weighted by Crippen LogP contribution is -2.10. The molecule has 1 aromatic carbocycles. The summed E-state index contributed by atoms with van der Waals surface area (Å²) in [5.41, 5.74) is 0.803. The third-order valence-electron chi connectivity index (χ3n) is 2.22. The van der Waals surface area contributed by atoms with Crippen LogP contribution in [-0.4, -0.2) is 21.3 Å². The Hall–Kier alpha value is -1.59. The maximum absolute atomic E-state index is 9.96. The molecule has 1 atom stereocenters. The van der Waals surface area contributed by atoms with Crippen molar-refractivity contribution in [2.24, 2.45) is 0 Å². The highest BCUT2D eigenvalue weighted by Crippen LogP contribution is 2.16. The zero-order chi connectivity index (χ0) is 12.1. The first kappa shape index (κ1) is 11.9. The van der Waals surface area contributed by atoms with E-state index in [1.807, 2.05) is 36.6 Å². The minimum Gasteiger partial charge on any atom is -0.369 e. The SMILES string of the molecule is CSc1nccc(NC(O)c2ccccc2)n1. The van der Waals surface area contributed by atoms with Gasteiger partial charge in [0, 0.05) is 11.8 Å². The van der Waals surface area contributed by atoms with Crippen molar-refractivity contribution >= 4 is 17.6 Å². The van der Waals surface area contributed by atoms with E-state index in [1.54, 1.807) is 12.3 Å². The van der Waals surface area contributed by atoms with Gasteiger partial charge in [0.05, 0.1) is 0 Å². The molecule has 0 amide bonds. The van der Waals surface area contributed by atoms with Gasteiger partial charge in [-0.2, -0.15) is 0 Å². The van der Waals surface area contributed by atoms with Gasteiger partial charge in [0.25, 0.3) is 0 Å². The van der Waals surface area contributed by atoms with Crippen LogP contribution in [0.2, 0.25) is 0 Å². The smallest absolute Gasteiger partial charge is 0.189 e. The van der Waals surface area contributed by atoms with Crippen molar-refractivity contribution < 1.29 is 5.11 Å².